The SMILES string of the molecule is C.C.Clc1nc(-c2ccccc2)nc(-c2ccccc2)n1.OB(O)c1cccc2c1oc1c(-c3cccc4c3sc3c(-c5cccc6c5oc5ccccc56)cccc34)cccc12.c1ccc(-c2nc(-c3ccccc3)nc(-c3cccc4c3oc3c(-c5cccc6c5sc5c(-c7cccc8c7oc7ccccc78)cccc56)cccc34)n2)cc1. The molecule has 0 amide bonds. The van der Waals surface area contributed by atoms with Gasteiger partial charge in [-0.25, -0.2) is 19.9 Å². The highest BCUT2D eigenvalue weighted by atomic mass is 35.5. The molecule has 8 heterocycles. The molecule has 24 aromatic rings. The lowest BCUT2D eigenvalue weighted by Crippen LogP contribution is -2.29. The Morgan fingerprint density at radius 1 is 0.217 bits per heavy atom. The fraction of sp³-hybridized carbons (Fsp3) is 0.0192. The Labute approximate surface area is 701 Å². The molecule has 12 nitrogen and oxygen atoms in total. The van der Waals surface area contributed by atoms with Crippen molar-refractivity contribution in [1.29, 1.82) is 0 Å². The van der Waals surface area contributed by atoms with Gasteiger partial charge in [0.05, 0.1) is 5.56 Å². The number of hydrogen-bond donors (Lipinski definition) is 2. The van der Waals surface area contributed by atoms with Crippen LogP contribution in [0.3, 0.4) is 0 Å². The molecule has 16 heteroatoms. The maximum absolute atomic E-state index is 9.97. The Bertz CT molecular complexity index is 7970. The van der Waals surface area contributed by atoms with Crippen molar-refractivity contribution in [3.05, 3.63) is 357 Å². The van der Waals surface area contributed by atoms with Gasteiger partial charge in [0.15, 0.2) is 29.1 Å². The summed E-state index contributed by atoms with van der Waals surface area (Å²) >= 11 is 9.59. The summed E-state index contributed by atoms with van der Waals surface area (Å²) in [6.07, 6.45) is 0. The van der Waals surface area contributed by atoms with Gasteiger partial charge < -0.3 is 27.7 Å². The van der Waals surface area contributed by atoms with Gasteiger partial charge in [-0.1, -0.05) is 349 Å². The molecule has 0 bridgehead atoms. The molecule has 0 aliphatic carbocycles. The first kappa shape index (κ1) is 74.3. The van der Waals surface area contributed by atoms with Crippen LogP contribution in [-0.4, -0.2) is 47.1 Å². The normalized spacial score (nSPS) is 11.5. The molecule has 0 saturated heterocycles. The smallest absolute Gasteiger partial charge is 0.456 e. The van der Waals surface area contributed by atoms with Gasteiger partial charge in [0.25, 0.3) is 0 Å². The molecule has 0 aliphatic rings. The summed E-state index contributed by atoms with van der Waals surface area (Å²) in [5.41, 5.74) is 20.0. The van der Waals surface area contributed by atoms with E-state index in [4.69, 9.17) is 44.2 Å². The molecule has 572 valence electrons. The topological polar surface area (TPSA) is 170 Å². The predicted molar refractivity (Wildman–Crippen MR) is 498 cm³/mol. The number of hydrogen-bond acceptors (Lipinski definition) is 14. The van der Waals surface area contributed by atoms with E-state index in [9.17, 15) is 10.0 Å². The van der Waals surface area contributed by atoms with Crippen LogP contribution in [0.5, 0.6) is 0 Å². The van der Waals surface area contributed by atoms with Crippen molar-refractivity contribution in [3.8, 4) is 101 Å². The Hall–Kier alpha value is -14.5. The van der Waals surface area contributed by atoms with Crippen LogP contribution in [0.15, 0.2) is 370 Å². The van der Waals surface area contributed by atoms with Gasteiger partial charge in [-0.15, -0.1) is 22.7 Å². The van der Waals surface area contributed by atoms with Gasteiger partial charge in [0, 0.05) is 156 Å². The third kappa shape index (κ3) is 12.8. The highest BCUT2D eigenvalue weighted by molar-refractivity contribution is 7.27. The lowest BCUT2D eigenvalue weighted by Gasteiger charge is -2.08. The van der Waals surface area contributed by atoms with Crippen molar-refractivity contribution in [2.45, 2.75) is 14.9 Å². The lowest BCUT2D eigenvalue weighted by molar-refractivity contribution is 0.425. The third-order valence-corrected chi connectivity index (χ3v) is 24.7. The van der Waals surface area contributed by atoms with Crippen LogP contribution in [0, 0.1) is 0 Å². The second-order valence-electron chi connectivity index (χ2n) is 28.9. The van der Waals surface area contributed by atoms with E-state index in [1.807, 2.05) is 193 Å². The van der Waals surface area contributed by atoms with Gasteiger partial charge in [-0.3, -0.25) is 0 Å². The summed E-state index contributed by atoms with van der Waals surface area (Å²) in [6, 6.07) is 119. The van der Waals surface area contributed by atoms with E-state index in [1.54, 1.807) is 17.4 Å². The summed E-state index contributed by atoms with van der Waals surface area (Å²) in [6.45, 7) is 0. The van der Waals surface area contributed by atoms with Crippen molar-refractivity contribution >= 4 is 175 Å². The van der Waals surface area contributed by atoms with Gasteiger partial charge in [0.2, 0.25) is 5.28 Å². The summed E-state index contributed by atoms with van der Waals surface area (Å²) in [5.74, 6) is 2.95. The molecule has 120 heavy (non-hydrogen) atoms. The molecule has 16 aromatic carbocycles. The number of aromatic nitrogens is 6. The highest BCUT2D eigenvalue weighted by Crippen LogP contribution is 2.51. The molecule has 0 unspecified atom stereocenters. The molecule has 0 saturated carbocycles. The van der Waals surface area contributed by atoms with E-state index in [-0.39, 0.29) is 20.1 Å². The molecule has 0 spiro atoms. The second kappa shape index (κ2) is 30.8. The van der Waals surface area contributed by atoms with Gasteiger partial charge in [0.1, 0.15) is 44.7 Å². The van der Waals surface area contributed by atoms with Gasteiger partial charge >= 0.3 is 7.12 Å². The first-order valence-electron chi connectivity index (χ1n) is 38.6. The number of thiophene rings is 2. The summed E-state index contributed by atoms with van der Waals surface area (Å²) in [5, 5.41) is 33.3. The summed E-state index contributed by atoms with van der Waals surface area (Å²) in [7, 11) is -1.61. The van der Waals surface area contributed by atoms with Crippen molar-refractivity contribution < 1.29 is 27.7 Å². The predicted octanol–water partition coefficient (Wildman–Crippen LogP) is 28.4. The van der Waals surface area contributed by atoms with E-state index in [0.717, 1.165) is 154 Å². The number of fused-ring (bicyclic) bond motifs is 18. The summed E-state index contributed by atoms with van der Waals surface area (Å²) < 4.78 is 31.1. The Morgan fingerprint density at radius 3 is 0.808 bits per heavy atom. The van der Waals surface area contributed by atoms with Crippen molar-refractivity contribution in [3.63, 3.8) is 0 Å². The zero-order chi connectivity index (χ0) is 78.5. The summed E-state index contributed by atoms with van der Waals surface area (Å²) in [4.78, 5) is 27.8. The largest absolute Gasteiger partial charge is 0.492 e. The van der Waals surface area contributed by atoms with E-state index >= 15 is 0 Å². The quantitative estimate of drug-likeness (QED) is 0.124. The minimum atomic E-state index is -1.61. The average Bonchev–Trinajstić information content (AvgIpc) is 1.58. The standard InChI is InChI=1S/C51H29N3O2S.C36H21BO4S.C15H10ClN3.2CH4/c1-3-14-30(15-4-1)49-52-50(31-16-5-2-6-17-31)54-51(53-49)42-28-11-21-35-34-20-10-23-37(45(34)56-46(35)42)39-25-13-27-41-40-26-12-24-38(47(40)57-48(39)41)36-22-9-19-33-32-18-7-8-29-43(32)55-44(33)36;38-37(39)30-18-7-13-23-22-10-4-12-25(33(22)41-34(23)30)27-15-6-17-29-28-16-5-14-26(35(28)42-36(27)29)24-11-3-9-21-20-8-1-2-19-31(20)40-32(21)24;16-15-18-13(11-7-3-1-4-8-11)17-14(19-15)12-9-5-2-6-10-12;;/h1-29H;1-19,38-39H;1-10H;2*1H4. The Kier molecular flexibility index (Phi) is 19.1. The van der Waals surface area contributed by atoms with E-state index in [1.165, 1.54) is 40.3 Å². The molecule has 0 atom stereocenters. The molecule has 0 radical (unpaired) electrons. The zero-order valence-electron chi connectivity index (χ0n) is 62.5. The van der Waals surface area contributed by atoms with Gasteiger partial charge in [-0.05, 0) is 29.8 Å². The highest BCUT2D eigenvalue weighted by Gasteiger charge is 2.26. The van der Waals surface area contributed by atoms with Crippen LogP contribution in [0.4, 0.5) is 0 Å². The first-order chi connectivity index (χ1) is 58.3. The Morgan fingerprint density at radius 2 is 0.458 bits per heavy atom. The number of halogens is 1. The minimum Gasteiger partial charge on any atom is -0.456 e. The zero-order valence-corrected chi connectivity index (χ0v) is 64.9. The minimum absolute atomic E-state index is 0. The Balaban J connectivity index is 0.000000128. The van der Waals surface area contributed by atoms with Crippen molar-refractivity contribution in [2.75, 3.05) is 0 Å². The van der Waals surface area contributed by atoms with E-state index in [0.29, 0.717) is 40.2 Å². The van der Waals surface area contributed by atoms with Crippen LogP contribution in [-0.2, 0) is 0 Å². The maximum atomic E-state index is 9.97. The molecular weight excluding hydrogens is 1540 g/mol. The number of nitrogens with zero attached hydrogens (tertiary/aromatic N) is 6. The molecule has 0 aliphatic heterocycles. The van der Waals surface area contributed by atoms with E-state index in [2.05, 4.69) is 179 Å². The monoisotopic (exact) mass is 1610 g/mol. The first-order valence-corrected chi connectivity index (χ1v) is 40.6. The van der Waals surface area contributed by atoms with Crippen LogP contribution >= 0.6 is 34.3 Å². The van der Waals surface area contributed by atoms with Crippen LogP contribution in [0.2, 0.25) is 5.28 Å². The lowest BCUT2D eigenvalue weighted by atomic mass is 9.79. The van der Waals surface area contributed by atoms with Crippen LogP contribution in [0.25, 0.3) is 230 Å². The van der Waals surface area contributed by atoms with Crippen LogP contribution in [0.1, 0.15) is 14.9 Å². The van der Waals surface area contributed by atoms with E-state index < -0.39 is 7.12 Å². The van der Waals surface area contributed by atoms with Crippen LogP contribution < -0.4 is 5.46 Å². The molecular formula is C104H68BClN6O6S2. The molecule has 24 rings (SSSR count). The second-order valence-corrected chi connectivity index (χ2v) is 31.2. The molecule has 2 N–H and O–H groups in total. The van der Waals surface area contributed by atoms with Crippen molar-refractivity contribution in [2.24, 2.45) is 0 Å². The number of benzene rings is 16. The fourth-order valence-electron chi connectivity index (χ4n) is 16.6. The molecule has 0 fully saturated rings. The number of rotatable bonds is 10. The number of para-hydroxylation sites is 8. The van der Waals surface area contributed by atoms with Gasteiger partial charge in [-0.2, -0.15) is 9.97 Å². The average molecular weight is 1610 g/mol. The molecule has 8 aromatic heterocycles. The maximum Gasteiger partial charge on any atom is 0.492 e. The number of furan rings is 4. The fourth-order valence-corrected chi connectivity index (χ4v) is 19.5. The van der Waals surface area contributed by atoms with Crippen molar-refractivity contribution in [1.82, 2.24) is 29.9 Å². The third-order valence-electron chi connectivity index (χ3n) is 22.0.